The summed E-state index contributed by atoms with van der Waals surface area (Å²) in [6, 6.07) is 3.67. The normalized spacial score (nSPS) is 15.6. The molecule has 0 heterocycles. The Labute approximate surface area is 127 Å². The number of halogens is 2. The molecule has 21 heavy (non-hydrogen) atoms. The third kappa shape index (κ3) is 5.19. The van der Waals surface area contributed by atoms with Gasteiger partial charge in [-0.3, -0.25) is 0 Å². The molecule has 1 aromatic rings. The van der Waals surface area contributed by atoms with Crippen LogP contribution in [-0.4, -0.2) is 46.1 Å². The Kier molecular flexibility index (Phi) is 6.11. The Morgan fingerprint density at radius 3 is 2.14 bits per heavy atom. The van der Waals surface area contributed by atoms with Crippen LogP contribution >= 0.6 is 11.6 Å². The lowest BCUT2D eigenvalue weighted by molar-refractivity contribution is 0.124. The zero-order valence-corrected chi connectivity index (χ0v) is 13.4. The van der Waals surface area contributed by atoms with Gasteiger partial charge in [-0.05, 0) is 17.7 Å². The second-order valence-corrected chi connectivity index (χ2v) is 8.74. The van der Waals surface area contributed by atoms with E-state index < -0.39 is 43.9 Å². The molecular formula is C11H15ClFNO5S2. The van der Waals surface area contributed by atoms with Crippen LogP contribution in [0.25, 0.3) is 0 Å². The molecule has 0 aliphatic rings. The lowest BCUT2D eigenvalue weighted by atomic mass is 10.0. The number of sulfonamides is 1. The minimum absolute atomic E-state index is 0.0385. The van der Waals surface area contributed by atoms with Crippen molar-refractivity contribution in [2.24, 2.45) is 0 Å². The molecule has 0 bridgehead atoms. The van der Waals surface area contributed by atoms with Crippen molar-refractivity contribution in [1.82, 2.24) is 4.72 Å². The molecule has 0 amide bonds. The molecule has 0 radical (unpaired) electrons. The van der Waals surface area contributed by atoms with Crippen LogP contribution in [0.3, 0.4) is 0 Å². The largest absolute Gasteiger partial charge is 0.387 e. The van der Waals surface area contributed by atoms with Gasteiger partial charge < -0.3 is 5.11 Å². The number of alkyl halides is 2. The lowest BCUT2D eigenvalue weighted by Crippen LogP contribution is -2.41. The van der Waals surface area contributed by atoms with Gasteiger partial charge in [-0.15, -0.1) is 11.6 Å². The molecule has 2 N–H and O–H groups in total. The topological polar surface area (TPSA) is 101 Å². The molecule has 1 aromatic carbocycles. The highest BCUT2D eigenvalue weighted by Gasteiger charge is 2.25. The second-order valence-electron chi connectivity index (χ2n) is 4.39. The molecule has 0 unspecified atom stereocenters. The van der Waals surface area contributed by atoms with Gasteiger partial charge in [-0.1, -0.05) is 12.1 Å². The Morgan fingerprint density at radius 1 is 1.24 bits per heavy atom. The second kappa shape index (κ2) is 7.01. The predicted octanol–water partition coefficient (Wildman–Crippen LogP) is 0.577. The van der Waals surface area contributed by atoms with Crippen molar-refractivity contribution in [1.29, 1.82) is 0 Å². The number of aliphatic hydroxyl groups is 1. The van der Waals surface area contributed by atoms with Crippen LogP contribution in [0.5, 0.6) is 0 Å². The predicted molar refractivity (Wildman–Crippen MR) is 77.1 cm³/mol. The minimum atomic E-state index is -3.90. The molecule has 0 fully saturated rings. The van der Waals surface area contributed by atoms with E-state index in [1.165, 1.54) is 24.3 Å². The van der Waals surface area contributed by atoms with Gasteiger partial charge >= 0.3 is 0 Å². The maximum absolute atomic E-state index is 12.9. The van der Waals surface area contributed by atoms with E-state index in [0.29, 0.717) is 0 Å². The van der Waals surface area contributed by atoms with E-state index in [1.54, 1.807) is 0 Å². The Balaban J connectivity index is 2.98. The fourth-order valence-electron chi connectivity index (χ4n) is 1.59. The van der Waals surface area contributed by atoms with E-state index in [9.17, 15) is 26.3 Å². The molecule has 1 rings (SSSR count). The summed E-state index contributed by atoms with van der Waals surface area (Å²) >= 11 is 5.19. The quantitative estimate of drug-likeness (QED) is 0.693. The van der Waals surface area contributed by atoms with E-state index in [4.69, 9.17) is 11.6 Å². The number of hydrogen-bond acceptors (Lipinski definition) is 5. The smallest absolute Gasteiger partial charge is 0.226 e. The lowest BCUT2D eigenvalue weighted by Gasteiger charge is -2.21. The first-order valence-corrected chi connectivity index (χ1v) is 9.78. The summed E-state index contributed by atoms with van der Waals surface area (Å²) in [5, 5.41) is 9.21. The molecule has 0 saturated carbocycles. The van der Waals surface area contributed by atoms with Gasteiger partial charge in [0.1, 0.15) is 11.9 Å². The molecule has 0 aliphatic heterocycles. The third-order valence-corrected chi connectivity index (χ3v) is 5.61. The van der Waals surface area contributed by atoms with Crippen molar-refractivity contribution in [2.75, 3.05) is 18.1 Å². The number of rotatable bonds is 7. The van der Waals surface area contributed by atoms with Crippen molar-refractivity contribution in [3.63, 3.8) is 0 Å². The molecule has 120 valence electrons. The number of aliphatic hydroxyl groups excluding tert-OH is 1. The zero-order valence-electron chi connectivity index (χ0n) is 11.0. The first-order valence-electron chi connectivity index (χ1n) is 5.70. The molecule has 10 heteroatoms. The fourth-order valence-corrected chi connectivity index (χ4v) is 3.12. The van der Waals surface area contributed by atoms with E-state index in [1.807, 2.05) is 4.72 Å². The van der Waals surface area contributed by atoms with Gasteiger partial charge in [0.15, 0.2) is 9.84 Å². The number of hydrogen-bond donors (Lipinski definition) is 2. The molecule has 2 atom stereocenters. The van der Waals surface area contributed by atoms with Gasteiger partial charge in [-0.25, -0.2) is 25.9 Å². The van der Waals surface area contributed by atoms with E-state index in [0.717, 1.165) is 6.26 Å². The fraction of sp³-hybridized carbons (Fsp3) is 0.455. The summed E-state index contributed by atoms with van der Waals surface area (Å²) in [5.74, 6) is 0. The van der Waals surface area contributed by atoms with Gasteiger partial charge in [0.05, 0.1) is 17.0 Å². The third-order valence-electron chi connectivity index (χ3n) is 2.67. The molecule has 0 spiro atoms. The first kappa shape index (κ1) is 18.3. The number of benzene rings is 1. The summed E-state index contributed by atoms with van der Waals surface area (Å²) in [6.07, 6.45) is -0.446. The minimum Gasteiger partial charge on any atom is -0.387 e. The van der Waals surface area contributed by atoms with Crippen molar-refractivity contribution in [2.45, 2.75) is 17.0 Å². The highest BCUT2D eigenvalue weighted by Crippen LogP contribution is 2.20. The van der Waals surface area contributed by atoms with Gasteiger partial charge in [-0.2, -0.15) is 0 Å². The Hall–Kier alpha value is -0.740. The van der Waals surface area contributed by atoms with E-state index in [2.05, 4.69) is 0 Å². The van der Waals surface area contributed by atoms with Crippen LogP contribution < -0.4 is 4.72 Å². The maximum Gasteiger partial charge on any atom is 0.226 e. The van der Waals surface area contributed by atoms with Crippen molar-refractivity contribution in [3.8, 4) is 0 Å². The van der Waals surface area contributed by atoms with Crippen LogP contribution in [-0.2, 0) is 19.9 Å². The van der Waals surface area contributed by atoms with Gasteiger partial charge in [0.25, 0.3) is 0 Å². The molecule has 6 nitrogen and oxygen atoms in total. The van der Waals surface area contributed by atoms with Gasteiger partial charge in [0, 0.05) is 6.26 Å². The monoisotopic (exact) mass is 359 g/mol. The molecular weight excluding hydrogens is 345 g/mol. The van der Waals surface area contributed by atoms with Crippen LogP contribution in [0.4, 0.5) is 4.39 Å². The Bertz CT molecular complexity index is 675. The van der Waals surface area contributed by atoms with Crippen LogP contribution in [0, 0.1) is 0 Å². The Morgan fingerprint density at radius 2 is 1.76 bits per heavy atom. The number of sulfone groups is 1. The van der Waals surface area contributed by atoms with Crippen LogP contribution in [0.2, 0.25) is 0 Å². The maximum atomic E-state index is 12.9. The molecule has 0 aromatic heterocycles. The molecule has 0 aliphatic carbocycles. The van der Waals surface area contributed by atoms with Crippen molar-refractivity contribution < 1.29 is 26.3 Å². The average Bonchev–Trinajstić information content (AvgIpc) is 2.43. The number of nitrogens with one attached hydrogen (secondary N) is 1. The highest BCUT2D eigenvalue weighted by molar-refractivity contribution is 7.91. The van der Waals surface area contributed by atoms with E-state index >= 15 is 0 Å². The van der Waals surface area contributed by atoms with E-state index in [-0.39, 0.29) is 10.5 Å². The van der Waals surface area contributed by atoms with Crippen molar-refractivity contribution in [3.05, 3.63) is 29.8 Å². The highest BCUT2D eigenvalue weighted by atomic mass is 35.5. The van der Waals surface area contributed by atoms with Crippen LogP contribution in [0.15, 0.2) is 29.2 Å². The zero-order chi connectivity index (χ0) is 16.3. The SMILES string of the molecule is CS(=O)(=O)c1ccc([C@@H](O)[C@@H](CF)NS(=O)(=O)CCl)cc1. The standard InChI is InChI=1S/C11H15ClFNO5S2/c1-20(16,17)9-4-2-8(3-5-9)11(15)10(6-13)14-21(18,19)7-12/h2-5,10-11,14-15H,6-7H2,1H3/t10-,11-/m1/s1. The molecule has 0 saturated heterocycles. The summed E-state index contributed by atoms with van der Waals surface area (Å²) in [6.45, 7) is -1.15. The summed E-state index contributed by atoms with van der Waals surface area (Å²) in [7, 11) is -7.28. The summed E-state index contributed by atoms with van der Waals surface area (Å²) < 4.78 is 60.0. The average molecular weight is 360 g/mol. The first-order chi connectivity index (χ1) is 9.60. The van der Waals surface area contributed by atoms with Crippen LogP contribution in [0.1, 0.15) is 11.7 Å². The van der Waals surface area contributed by atoms with Gasteiger partial charge in [0.2, 0.25) is 10.0 Å². The van der Waals surface area contributed by atoms with Crippen molar-refractivity contribution >= 4 is 31.5 Å². The summed E-state index contributed by atoms with van der Waals surface area (Å²) in [5.41, 5.74) is 0.183. The summed E-state index contributed by atoms with van der Waals surface area (Å²) in [4.78, 5) is 0.0385.